The normalized spacial score (nSPS) is 18.2. The summed E-state index contributed by atoms with van der Waals surface area (Å²) in [5.74, 6) is 0.0489. The molecule has 94 valence electrons. The van der Waals surface area contributed by atoms with Gasteiger partial charge in [0.1, 0.15) is 0 Å². The van der Waals surface area contributed by atoms with E-state index in [0.29, 0.717) is 13.0 Å². The zero-order chi connectivity index (χ0) is 12.3. The van der Waals surface area contributed by atoms with Gasteiger partial charge in [-0.05, 0) is 25.0 Å². The molecule has 4 heteroatoms. The van der Waals surface area contributed by atoms with Crippen molar-refractivity contribution in [3.63, 3.8) is 0 Å². The number of rotatable bonds is 4. The molecule has 1 aliphatic carbocycles. The summed E-state index contributed by atoms with van der Waals surface area (Å²) in [5, 5.41) is 10.2. The number of hydrogen-bond donors (Lipinski definition) is 2. The van der Waals surface area contributed by atoms with Crippen molar-refractivity contribution < 1.29 is 9.90 Å². The molecule has 1 amide bonds. The molecule has 4 nitrogen and oxygen atoms in total. The second-order valence-electron chi connectivity index (χ2n) is 5.05. The molecule has 1 aromatic rings. The molecule has 1 fully saturated rings. The van der Waals surface area contributed by atoms with Gasteiger partial charge in [0.25, 0.3) is 0 Å². The van der Waals surface area contributed by atoms with Crippen LogP contribution in [0.3, 0.4) is 0 Å². The van der Waals surface area contributed by atoms with Gasteiger partial charge in [-0.1, -0.05) is 12.8 Å². The summed E-state index contributed by atoms with van der Waals surface area (Å²) in [4.78, 5) is 16.6. The summed E-state index contributed by atoms with van der Waals surface area (Å²) in [6.45, 7) is 0.451. The summed E-state index contributed by atoms with van der Waals surface area (Å²) in [6.07, 6.45) is 5.94. The summed E-state index contributed by atoms with van der Waals surface area (Å²) < 4.78 is 0. The van der Waals surface area contributed by atoms with Crippen molar-refractivity contribution in [2.75, 3.05) is 13.6 Å². The molecule has 0 bridgehead atoms. The largest absolute Gasteiger partial charge is 0.388 e. The summed E-state index contributed by atoms with van der Waals surface area (Å²) >= 11 is 0. The van der Waals surface area contributed by atoms with Crippen LogP contribution in [0, 0.1) is 0 Å². The van der Waals surface area contributed by atoms with Gasteiger partial charge < -0.3 is 15.0 Å². The molecule has 0 radical (unpaired) electrons. The minimum absolute atomic E-state index is 0.0489. The number of carbonyl (C=O) groups is 1. The van der Waals surface area contributed by atoms with Crippen LogP contribution in [-0.2, 0) is 11.2 Å². The number of H-pyrrole nitrogens is 1. The lowest BCUT2D eigenvalue weighted by molar-refractivity contribution is -0.132. The van der Waals surface area contributed by atoms with Crippen molar-refractivity contribution in [2.45, 2.75) is 37.7 Å². The van der Waals surface area contributed by atoms with Crippen LogP contribution >= 0.6 is 0 Å². The number of aromatic amines is 1. The monoisotopic (exact) mass is 236 g/mol. The Morgan fingerprint density at radius 3 is 2.82 bits per heavy atom. The molecule has 1 heterocycles. The predicted molar refractivity (Wildman–Crippen MR) is 65.6 cm³/mol. The number of nitrogens with zero attached hydrogens (tertiary/aromatic N) is 1. The maximum absolute atomic E-state index is 11.9. The van der Waals surface area contributed by atoms with Crippen LogP contribution in [0.15, 0.2) is 18.3 Å². The number of likely N-dealkylation sites (N-methyl/N-ethyl adjacent to an activating group) is 1. The van der Waals surface area contributed by atoms with Crippen molar-refractivity contribution in [2.24, 2.45) is 0 Å². The molecule has 0 aliphatic heterocycles. The molecule has 1 aromatic heterocycles. The van der Waals surface area contributed by atoms with Crippen molar-refractivity contribution >= 4 is 5.91 Å². The third-order valence-corrected chi connectivity index (χ3v) is 3.50. The molecule has 2 N–H and O–H groups in total. The van der Waals surface area contributed by atoms with Crippen molar-refractivity contribution in [3.8, 4) is 0 Å². The quantitative estimate of drug-likeness (QED) is 0.828. The SMILES string of the molecule is CN(CC1(O)CCCC1)C(=O)Cc1ccc[nH]1. The fourth-order valence-electron chi connectivity index (χ4n) is 2.50. The molecular weight excluding hydrogens is 216 g/mol. The Balaban J connectivity index is 1.87. The van der Waals surface area contributed by atoms with Gasteiger partial charge in [0.2, 0.25) is 5.91 Å². The maximum atomic E-state index is 11.9. The van der Waals surface area contributed by atoms with Crippen molar-refractivity contribution in [3.05, 3.63) is 24.0 Å². The standard InChI is InChI=1S/C13H20N2O2/c1-15(10-13(17)6-2-3-7-13)12(16)9-11-5-4-8-14-11/h4-5,8,14,17H,2-3,6-7,9-10H2,1H3. The summed E-state index contributed by atoms with van der Waals surface area (Å²) in [5.41, 5.74) is 0.264. The summed E-state index contributed by atoms with van der Waals surface area (Å²) in [6, 6.07) is 3.78. The fraction of sp³-hybridized carbons (Fsp3) is 0.615. The molecule has 17 heavy (non-hydrogen) atoms. The van der Waals surface area contributed by atoms with Crippen LogP contribution in [0.5, 0.6) is 0 Å². The number of aromatic nitrogens is 1. The second-order valence-corrected chi connectivity index (χ2v) is 5.05. The third kappa shape index (κ3) is 3.09. The molecule has 0 aromatic carbocycles. The van der Waals surface area contributed by atoms with Gasteiger partial charge in [0.15, 0.2) is 0 Å². The molecule has 0 unspecified atom stereocenters. The molecule has 1 aliphatic rings. The van der Waals surface area contributed by atoms with E-state index >= 15 is 0 Å². The Morgan fingerprint density at radius 1 is 1.53 bits per heavy atom. The Labute approximate surface area is 102 Å². The van der Waals surface area contributed by atoms with E-state index in [4.69, 9.17) is 0 Å². The lowest BCUT2D eigenvalue weighted by Gasteiger charge is -2.28. The van der Waals surface area contributed by atoms with Crippen LogP contribution in [0.1, 0.15) is 31.4 Å². The molecule has 0 spiro atoms. The zero-order valence-electron chi connectivity index (χ0n) is 10.3. The maximum Gasteiger partial charge on any atom is 0.228 e. The number of aliphatic hydroxyl groups is 1. The van der Waals surface area contributed by atoms with Gasteiger partial charge in [-0.3, -0.25) is 4.79 Å². The van der Waals surface area contributed by atoms with E-state index < -0.39 is 5.60 Å². The molecule has 1 saturated carbocycles. The van der Waals surface area contributed by atoms with Gasteiger partial charge in [-0.15, -0.1) is 0 Å². The lowest BCUT2D eigenvalue weighted by Crippen LogP contribution is -2.42. The average molecular weight is 236 g/mol. The highest BCUT2D eigenvalue weighted by atomic mass is 16.3. The van der Waals surface area contributed by atoms with E-state index in [-0.39, 0.29) is 5.91 Å². The Hall–Kier alpha value is -1.29. The fourth-order valence-corrected chi connectivity index (χ4v) is 2.50. The number of amides is 1. The zero-order valence-corrected chi connectivity index (χ0v) is 10.3. The van der Waals surface area contributed by atoms with E-state index in [9.17, 15) is 9.90 Å². The van der Waals surface area contributed by atoms with Crippen LogP contribution in [0.2, 0.25) is 0 Å². The highest BCUT2D eigenvalue weighted by Gasteiger charge is 2.33. The van der Waals surface area contributed by atoms with Crippen LogP contribution in [0.4, 0.5) is 0 Å². The highest BCUT2D eigenvalue weighted by molar-refractivity contribution is 5.78. The first kappa shape index (κ1) is 12.2. The third-order valence-electron chi connectivity index (χ3n) is 3.50. The van der Waals surface area contributed by atoms with Crippen LogP contribution in [0.25, 0.3) is 0 Å². The van der Waals surface area contributed by atoms with Crippen LogP contribution < -0.4 is 0 Å². The second kappa shape index (κ2) is 4.92. The molecule has 2 rings (SSSR count). The minimum atomic E-state index is -0.653. The first-order chi connectivity index (χ1) is 8.09. The van der Waals surface area contributed by atoms with Gasteiger partial charge >= 0.3 is 0 Å². The van der Waals surface area contributed by atoms with Gasteiger partial charge in [0.05, 0.1) is 12.0 Å². The van der Waals surface area contributed by atoms with Gasteiger partial charge in [-0.25, -0.2) is 0 Å². The van der Waals surface area contributed by atoms with E-state index in [1.54, 1.807) is 11.9 Å². The molecule has 0 saturated heterocycles. The van der Waals surface area contributed by atoms with E-state index in [1.807, 2.05) is 18.3 Å². The Kier molecular flexibility index (Phi) is 3.52. The average Bonchev–Trinajstić information content (AvgIpc) is 2.90. The smallest absolute Gasteiger partial charge is 0.228 e. The van der Waals surface area contributed by atoms with E-state index in [2.05, 4.69) is 4.98 Å². The van der Waals surface area contributed by atoms with Crippen molar-refractivity contribution in [1.29, 1.82) is 0 Å². The molecule has 0 atom stereocenters. The first-order valence-electron chi connectivity index (χ1n) is 6.18. The minimum Gasteiger partial charge on any atom is -0.388 e. The molecular formula is C13H20N2O2. The number of nitrogens with one attached hydrogen (secondary N) is 1. The van der Waals surface area contributed by atoms with Crippen molar-refractivity contribution in [1.82, 2.24) is 9.88 Å². The number of hydrogen-bond acceptors (Lipinski definition) is 2. The van der Waals surface area contributed by atoms with E-state index in [0.717, 1.165) is 31.4 Å². The van der Waals surface area contributed by atoms with Gasteiger partial charge in [-0.2, -0.15) is 0 Å². The highest BCUT2D eigenvalue weighted by Crippen LogP contribution is 2.29. The van der Waals surface area contributed by atoms with Crippen LogP contribution in [-0.4, -0.2) is 40.1 Å². The Bertz CT molecular complexity index is 367. The first-order valence-corrected chi connectivity index (χ1v) is 6.18. The Morgan fingerprint density at radius 2 is 2.24 bits per heavy atom. The topological polar surface area (TPSA) is 56.3 Å². The lowest BCUT2D eigenvalue weighted by atomic mass is 10.0. The number of carbonyl (C=O) groups excluding carboxylic acids is 1. The van der Waals surface area contributed by atoms with Gasteiger partial charge in [0, 0.05) is 25.5 Å². The summed E-state index contributed by atoms with van der Waals surface area (Å²) in [7, 11) is 1.77. The predicted octanol–water partition coefficient (Wildman–Crippen LogP) is 1.32. The van der Waals surface area contributed by atoms with E-state index in [1.165, 1.54) is 0 Å².